The molecular formula is C26H44N6O5S. The Labute approximate surface area is 226 Å². The third kappa shape index (κ3) is 7.83. The van der Waals surface area contributed by atoms with Crippen LogP contribution in [0.3, 0.4) is 0 Å². The van der Waals surface area contributed by atoms with Crippen molar-refractivity contribution in [3.05, 3.63) is 23.8 Å². The van der Waals surface area contributed by atoms with Crippen LogP contribution in [0.5, 0.6) is 0 Å². The van der Waals surface area contributed by atoms with E-state index >= 15 is 0 Å². The van der Waals surface area contributed by atoms with Crippen molar-refractivity contribution in [3.63, 3.8) is 0 Å². The van der Waals surface area contributed by atoms with Crippen molar-refractivity contribution < 1.29 is 23.1 Å². The molecule has 11 nitrogen and oxygen atoms in total. The summed E-state index contributed by atoms with van der Waals surface area (Å²) in [4.78, 5) is 32.8. The standard InChI is InChI=1S/C24H38N6O5S.C2H6/c1-15-9-11-30(19(13-15)23(32)33)22(31)18(7-5-10-27-24(25)26)28-36(34,35)20-8-4-6-17-12-16(2)14-29(3)21(17)20;1-2/h4,6,8,15-16,18-19,28H,5,7,9-14H2,1-3H3,(H,32,33)(H4,25,26,27);1-2H3. The second-order valence-corrected chi connectivity index (χ2v) is 11.8. The van der Waals surface area contributed by atoms with E-state index in [1.807, 2.05) is 38.8 Å². The largest absolute Gasteiger partial charge is 0.480 e. The fourth-order valence-electron chi connectivity index (χ4n) is 5.21. The van der Waals surface area contributed by atoms with Crippen molar-refractivity contribution in [1.82, 2.24) is 9.62 Å². The van der Waals surface area contributed by atoms with E-state index in [0.29, 0.717) is 37.4 Å². The summed E-state index contributed by atoms with van der Waals surface area (Å²) < 4.78 is 29.9. The van der Waals surface area contributed by atoms with Gasteiger partial charge in [0.2, 0.25) is 15.9 Å². The highest BCUT2D eigenvalue weighted by atomic mass is 32.2. The monoisotopic (exact) mass is 552 g/mol. The normalized spacial score (nSPS) is 22.0. The molecule has 6 N–H and O–H groups in total. The minimum Gasteiger partial charge on any atom is -0.480 e. The molecule has 1 amide bonds. The molecule has 4 atom stereocenters. The molecule has 12 heteroatoms. The zero-order valence-corrected chi connectivity index (χ0v) is 24.0. The first kappa shape index (κ1) is 31.4. The smallest absolute Gasteiger partial charge is 0.326 e. The second-order valence-electron chi connectivity index (χ2n) is 10.1. The molecule has 0 spiro atoms. The number of para-hydroxylation sites is 1. The quantitative estimate of drug-likeness (QED) is 0.204. The number of likely N-dealkylation sites (tertiary alicyclic amines) is 1. The molecule has 0 saturated carbocycles. The first-order chi connectivity index (χ1) is 17.9. The van der Waals surface area contributed by atoms with Gasteiger partial charge in [-0.3, -0.25) is 9.79 Å². The average Bonchev–Trinajstić information content (AvgIpc) is 2.85. The van der Waals surface area contributed by atoms with Crippen molar-refractivity contribution in [2.75, 3.05) is 31.6 Å². The van der Waals surface area contributed by atoms with Crippen molar-refractivity contribution in [2.24, 2.45) is 28.3 Å². The first-order valence-electron chi connectivity index (χ1n) is 13.3. The van der Waals surface area contributed by atoms with Gasteiger partial charge in [-0.1, -0.05) is 39.8 Å². The number of aliphatic carboxylic acids is 1. The molecule has 0 bridgehead atoms. The summed E-state index contributed by atoms with van der Waals surface area (Å²) in [5.41, 5.74) is 12.3. The number of hydrogen-bond acceptors (Lipinski definition) is 6. The number of nitrogens with one attached hydrogen (secondary N) is 1. The number of piperidine rings is 1. The van der Waals surface area contributed by atoms with Gasteiger partial charge in [-0.25, -0.2) is 13.2 Å². The number of aliphatic imine (C=N–C) groups is 1. The average molecular weight is 553 g/mol. The van der Waals surface area contributed by atoms with Gasteiger partial charge in [0.25, 0.3) is 0 Å². The Kier molecular flexibility index (Phi) is 11.4. The van der Waals surface area contributed by atoms with Gasteiger partial charge in [0, 0.05) is 26.7 Å². The predicted octanol–water partition coefficient (Wildman–Crippen LogP) is 1.75. The molecule has 3 rings (SSSR count). The van der Waals surface area contributed by atoms with Crippen molar-refractivity contribution >= 4 is 33.5 Å². The Bertz CT molecular complexity index is 1110. The van der Waals surface area contributed by atoms with Gasteiger partial charge in [0.1, 0.15) is 17.0 Å². The number of carboxylic acids is 1. The highest BCUT2D eigenvalue weighted by Crippen LogP contribution is 2.35. The Morgan fingerprint density at radius 1 is 1.21 bits per heavy atom. The summed E-state index contributed by atoms with van der Waals surface area (Å²) in [6.45, 7) is 9.25. The Morgan fingerprint density at radius 2 is 1.89 bits per heavy atom. The SMILES string of the molecule is CC.CC1CCN(C(=O)C(CCCN=C(N)N)NS(=O)(=O)c2cccc3c2N(C)CC(C)C3)C(C(=O)O)C1. The molecule has 0 aromatic heterocycles. The van der Waals surface area contributed by atoms with Crippen molar-refractivity contribution in [1.29, 1.82) is 0 Å². The van der Waals surface area contributed by atoms with Crippen molar-refractivity contribution in [3.8, 4) is 0 Å². The number of benzene rings is 1. The Balaban J connectivity index is 0.00000247. The van der Waals surface area contributed by atoms with Gasteiger partial charge in [0.05, 0.1) is 5.69 Å². The molecule has 214 valence electrons. The van der Waals surface area contributed by atoms with Crippen LogP contribution < -0.4 is 21.1 Å². The van der Waals surface area contributed by atoms with Crippen LogP contribution in [0.2, 0.25) is 0 Å². The highest BCUT2D eigenvalue weighted by Gasteiger charge is 2.39. The molecule has 1 fully saturated rings. The molecule has 2 aliphatic heterocycles. The van der Waals surface area contributed by atoms with Gasteiger partial charge in [-0.15, -0.1) is 0 Å². The van der Waals surface area contributed by atoms with Crippen LogP contribution in [0, 0.1) is 11.8 Å². The summed E-state index contributed by atoms with van der Waals surface area (Å²) in [6.07, 6.45) is 2.19. The number of carboxylic acid groups (broad SMARTS) is 1. The predicted molar refractivity (Wildman–Crippen MR) is 149 cm³/mol. The van der Waals surface area contributed by atoms with E-state index in [4.69, 9.17) is 11.5 Å². The zero-order chi connectivity index (χ0) is 28.6. The van der Waals surface area contributed by atoms with Gasteiger partial charge < -0.3 is 26.4 Å². The number of nitrogens with zero attached hydrogens (tertiary/aromatic N) is 3. The summed E-state index contributed by atoms with van der Waals surface area (Å²) >= 11 is 0. The Hall–Kier alpha value is -2.86. The molecule has 2 heterocycles. The molecule has 1 saturated heterocycles. The second kappa shape index (κ2) is 13.8. The lowest BCUT2D eigenvalue weighted by Crippen LogP contribution is -2.56. The van der Waals surface area contributed by atoms with E-state index in [0.717, 1.165) is 12.0 Å². The van der Waals surface area contributed by atoms with Crippen LogP contribution in [0.1, 0.15) is 58.9 Å². The number of sulfonamides is 1. The van der Waals surface area contributed by atoms with E-state index in [1.54, 1.807) is 6.07 Å². The lowest BCUT2D eigenvalue weighted by molar-refractivity contribution is -0.153. The summed E-state index contributed by atoms with van der Waals surface area (Å²) in [6, 6.07) is 3.02. The van der Waals surface area contributed by atoms with Crippen LogP contribution in [0.15, 0.2) is 28.1 Å². The van der Waals surface area contributed by atoms with E-state index < -0.39 is 34.0 Å². The van der Waals surface area contributed by atoms with Gasteiger partial charge >= 0.3 is 5.97 Å². The molecule has 1 aromatic rings. The van der Waals surface area contributed by atoms with Crippen LogP contribution in [0.25, 0.3) is 0 Å². The van der Waals surface area contributed by atoms with Crippen LogP contribution in [0.4, 0.5) is 5.69 Å². The lowest BCUT2D eigenvalue weighted by atomic mass is 9.91. The van der Waals surface area contributed by atoms with Crippen LogP contribution in [-0.2, 0) is 26.0 Å². The van der Waals surface area contributed by atoms with E-state index in [-0.39, 0.29) is 36.3 Å². The number of rotatable bonds is 9. The molecule has 0 aliphatic carbocycles. The molecule has 4 unspecified atom stereocenters. The number of carbonyl (C=O) groups is 2. The first-order valence-corrected chi connectivity index (χ1v) is 14.8. The van der Waals surface area contributed by atoms with Crippen molar-refractivity contribution in [2.45, 2.75) is 76.8 Å². The minimum atomic E-state index is -4.11. The minimum absolute atomic E-state index is 0.0948. The maximum atomic E-state index is 13.6. The topological polar surface area (TPSA) is 171 Å². The third-order valence-corrected chi connectivity index (χ3v) is 8.38. The number of carbonyl (C=O) groups excluding carboxylic acids is 1. The fraction of sp³-hybridized carbons (Fsp3) is 0.654. The molecule has 2 aliphatic rings. The van der Waals surface area contributed by atoms with Gasteiger partial charge in [0.15, 0.2) is 5.96 Å². The summed E-state index contributed by atoms with van der Waals surface area (Å²) in [5.74, 6) is -1.20. The lowest BCUT2D eigenvalue weighted by Gasteiger charge is -2.38. The fourth-order valence-corrected chi connectivity index (χ4v) is 6.73. The molecule has 0 radical (unpaired) electrons. The summed E-state index contributed by atoms with van der Waals surface area (Å²) in [7, 11) is -2.25. The highest BCUT2D eigenvalue weighted by molar-refractivity contribution is 7.89. The molecule has 1 aromatic carbocycles. The van der Waals surface area contributed by atoms with Gasteiger partial charge in [-0.05, 0) is 55.6 Å². The number of fused-ring (bicyclic) bond motifs is 1. The number of anilines is 1. The van der Waals surface area contributed by atoms with Gasteiger partial charge in [-0.2, -0.15) is 4.72 Å². The number of hydrogen-bond donors (Lipinski definition) is 4. The Morgan fingerprint density at radius 3 is 2.53 bits per heavy atom. The van der Waals surface area contributed by atoms with Crippen LogP contribution >= 0.6 is 0 Å². The molecule has 38 heavy (non-hydrogen) atoms. The maximum absolute atomic E-state index is 13.6. The summed E-state index contributed by atoms with van der Waals surface area (Å²) in [5, 5.41) is 9.74. The number of guanidine groups is 1. The van der Waals surface area contributed by atoms with Crippen LogP contribution in [-0.4, -0.2) is 75.0 Å². The third-order valence-electron chi connectivity index (χ3n) is 6.88. The number of nitrogens with two attached hydrogens (primary N) is 2. The van der Waals surface area contributed by atoms with E-state index in [1.165, 1.54) is 11.0 Å². The maximum Gasteiger partial charge on any atom is 0.326 e. The van der Waals surface area contributed by atoms with E-state index in [9.17, 15) is 23.1 Å². The number of amides is 1. The zero-order valence-electron chi connectivity index (χ0n) is 23.2. The molecular weight excluding hydrogens is 508 g/mol. The van der Waals surface area contributed by atoms with E-state index in [2.05, 4.69) is 16.6 Å².